The molecule has 0 saturated heterocycles. The first kappa shape index (κ1) is 26.4. The molecule has 5 rings (SSSR count). The summed E-state index contributed by atoms with van der Waals surface area (Å²) >= 11 is 1.22. The van der Waals surface area contributed by atoms with Gasteiger partial charge in [-0.25, -0.2) is 9.89 Å². The van der Waals surface area contributed by atoms with Gasteiger partial charge in [-0.3, -0.25) is 19.4 Å². The maximum atomic E-state index is 13.5. The largest absolute Gasteiger partial charge is 0.467 e. The molecule has 3 aromatic rings. The number of anilines is 1. The van der Waals surface area contributed by atoms with Crippen LogP contribution in [0.1, 0.15) is 43.6 Å². The molecule has 200 valence electrons. The van der Waals surface area contributed by atoms with Crippen LogP contribution in [0.4, 0.5) is 11.4 Å². The van der Waals surface area contributed by atoms with Crippen molar-refractivity contribution in [2.75, 3.05) is 5.32 Å². The Morgan fingerprint density at radius 2 is 1.87 bits per heavy atom. The van der Waals surface area contributed by atoms with E-state index in [1.165, 1.54) is 28.5 Å². The summed E-state index contributed by atoms with van der Waals surface area (Å²) in [5, 5.41) is 5.62. The first-order valence-electron chi connectivity index (χ1n) is 12.9. The number of nitrogens with one attached hydrogen (secondary N) is 2. The van der Waals surface area contributed by atoms with Gasteiger partial charge < -0.3 is 15.1 Å². The van der Waals surface area contributed by atoms with Crippen LogP contribution in [0, 0.1) is 0 Å². The molecule has 2 aliphatic heterocycles. The van der Waals surface area contributed by atoms with E-state index in [9.17, 15) is 14.4 Å². The SMILES string of the molecule is CCc1ccc(NC(=O)[C@H](CC)SC2=Nc3ccccc3C3=N[C@@H](CC(=O)NCc4ccco4)C(=O)N23)cc1. The second kappa shape index (κ2) is 11.7. The molecule has 1 aromatic heterocycles. The van der Waals surface area contributed by atoms with Crippen molar-refractivity contribution >= 4 is 51.9 Å². The summed E-state index contributed by atoms with van der Waals surface area (Å²) in [5.74, 6) is 0.238. The average Bonchev–Trinajstić information content (AvgIpc) is 3.59. The summed E-state index contributed by atoms with van der Waals surface area (Å²) in [7, 11) is 0. The Balaban J connectivity index is 1.33. The van der Waals surface area contributed by atoms with E-state index in [-0.39, 0.29) is 30.7 Å². The van der Waals surface area contributed by atoms with Crippen molar-refractivity contribution in [2.24, 2.45) is 9.98 Å². The number of aliphatic imine (C=N–C) groups is 2. The molecule has 10 heteroatoms. The molecule has 0 saturated carbocycles. The van der Waals surface area contributed by atoms with Gasteiger partial charge in [0.05, 0.1) is 30.2 Å². The Bertz CT molecular complexity index is 1430. The lowest BCUT2D eigenvalue weighted by molar-refractivity contribution is -0.128. The Hall–Kier alpha value is -4.18. The van der Waals surface area contributed by atoms with Crippen LogP contribution >= 0.6 is 11.8 Å². The Morgan fingerprint density at radius 1 is 1.08 bits per heavy atom. The number of amidine groups is 2. The van der Waals surface area contributed by atoms with Crippen LogP contribution in [0.2, 0.25) is 0 Å². The fourth-order valence-electron chi connectivity index (χ4n) is 4.36. The fourth-order valence-corrected chi connectivity index (χ4v) is 5.38. The summed E-state index contributed by atoms with van der Waals surface area (Å²) in [6.45, 7) is 4.23. The highest BCUT2D eigenvalue weighted by molar-refractivity contribution is 8.15. The number of amides is 3. The number of furan rings is 1. The normalized spacial score (nSPS) is 16.6. The van der Waals surface area contributed by atoms with E-state index in [1.807, 2.05) is 55.5 Å². The van der Waals surface area contributed by atoms with Crippen molar-refractivity contribution in [1.29, 1.82) is 0 Å². The van der Waals surface area contributed by atoms with Gasteiger partial charge in [0.25, 0.3) is 5.91 Å². The lowest BCUT2D eigenvalue weighted by atomic mass is 10.1. The van der Waals surface area contributed by atoms with Crippen molar-refractivity contribution in [2.45, 2.75) is 50.9 Å². The van der Waals surface area contributed by atoms with Crippen LogP contribution in [-0.2, 0) is 27.3 Å². The molecule has 0 spiro atoms. The minimum Gasteiger partial charge on any atom is -0.467 e. The molecule has 39 heavy (non-hydrogen) atoms. The molecular formula is C29H29N5O4S. The van der Waals surface area contributed by atoms with E-state index in [0.717, 1.165) is 6.42 Å². The van der Waals surface area contributed by atoms with Gasteiger partial charge in [0.15, 0.2) is 5.17 Å². The van der Waals surface area contributed by atoms with Gasteiger partial charge in [-0.2, -0.15) is 0 Å². The smallest absolute Gasteiger partial charge is 0.259 e. The second-order valence-electron chi connectivity index (χ2n) is 9.17. The number of thioether (sulfide) groups is 1. The molecule has 2 atom stereocenters. The highest BCUT2D eigenvalue weighted by Crippen LogP contribution is 2.35. The number of hydrogen-bond donors (Lipinski definition) is 2. The van der Waals surface area contributed by atoms with Gasteiger partial charge in [0.1, 0.15) is 17.6 Å². The summed E-state index contributed by atoms with van der Waals surface area (Å²) in [6.07, 6.45) is 2.87. The summed E-state index contributed by atoms with van der Waals surface area (Å²) in [5.41, 5.74) is 3.28. The van der Waals surface area contributed by atoms with Gasteiger partial charge in [0.2, 0.25) is 11.8 Å². The number of nitrogens with zero attached hydrogens (tertiary/aromatic N) is 3. The average molecular weight is 544 g/mol. The van der Waals surface area contributed by atoms with E-state index < -0.39 is 11.3 Å². The van der Waals surface area contributed by atoms with Gasteiger partial charge in [-0.05, 0) is 54.8 Å². The van der Waals surface area contributed by atoms with Crippen molar-refractivity contribution in [3.63, 3.8) is 0 Å². The van der Waals surface area contributed by atoms with Crippen molar-refractivity contribution < 1.29 is 18.8 Å². The third-order valence-corrected chi connectivity index (χ3v) is 7.82. The zero-order valence-corrected chi connectivity index (χ0v) is 22.5. The predicted molar refractivity (Wildman–Crippen MR) is 152 cm³/mol. The molecular weight excluding hydrogens is 514 g/mol. The Labute approximate surface area is 230 Å². The molecule has 0 unspecified atom stereocenters. The lowest BCUT2D eigenvalue weighted by Gasteiger charge is -2.27. The van der Waals surface area contributed by atoms with Crippen LogP contribution in [0.15, 0.2) is 81.3 Å². The van der Waals surface area contributed by atoms with Crippen molar-refractivity contribution in [3.05, 3.63) is 83.8 Å². The number of hydrogen-bond acceptors (Lipinski definition) is 7. The first-order chi connectivity index (χ1) is 19.0. The first-order valence-corrected chi connectivity index (χ1v) is 13.8. The topological polar surface area (TPSA) is 116 Å². The molecule has 2 N–H and O–H groups in total. The third kappa shape index (κ3) is 5.80. The summed E-state index contributed by atoms with van der Waals surface area (Å²) in [4.78, 5) is 50.2. The molecule has 0 radical (unpaired) electrons. The molecule has 3 heterocycles. The Kier molecular flexibility index (Phi) is 7.92. The molecule has 3 amide bonds. The van der Waals surface area contributed by atoms with E-state index in [4.69, 9.17) is 9.41 Å². The molecule has 2 aromatic carbocycles. The van der Waals surface area contributed by atoms with E-state index in [0.29, 0.717) is 40.1 Å². The highest BCUT2D eigenvalue weighted by atomic mass is 32.2. The van der Waals surface area contributed by atoms with Gasteiger partial charge in [-0.1, -0.05) is 49.9 Å². The van der Waals surface area contributed by atoms with Gasteiger partial charge in [-0.15, -0.1) is 0 Å². The lowest BCUT2D eigenvalue weighted by Crippen LogP contribution is -2.43. The molecule has 9 nitrogen and oxygen atoms in total. The minimum atomic E-state index is -0.889. The zero-order valence-electron chi connectivity index (χ0n) is 21.7. The quantitative estimate of drug-likeness (QED) is 0.407. The second-order valence-corrected chi connectivity index (χ2v) is 10.3. The number of para-hydroxylation sites is 1. The van der Waals surface area contributed by atoms with Crippen LogP contribution in [0.5, 0.6) is 0 Å². The van der Waals surface area contributed by atoms with E-state index >= 15 is 0 Å². The monoisotopic (exact) mass is 543 g/mol. The van der Waals surface area contributed by atoms with Gasteiger partial charge >= 0.3 is 0 Å². The third-order valence-electron chi connectivity index (χ3n) is 6.51. The minimum absolute atomic E-state index is 0.106. The molecule has 0 bridgehead atoms. The highest BCUT2D eigenvalue weighted by Gasteiger charge is 2.43. The van der Waals surface area contributed by atoms with Crippen molar-refractivity contribution in [1.82, 2.24) is 10.2 Å². The summed E-state index contributed by atoms with van der Waals surface area (Å²) in [6, 6.07) is 17.8. The maximum Gasteiger partial charge on any atom is 0.259 e. The van der Waals surface area contributed by atoms with E-state index in [2.05, 4.69) is 22.5 Å². The van der Waals surface area contributed by atoms with Crippen molar-refractivity contribution in [3.8, 4) is 0 Å². The van der Waals surface area contributed by atoms with E-state index in [1.54, 1.807) is 12.1 Å². The van der Waals surface area contributed by atoms with Crippen LogP contribution in [-0.4, -0.2) is 44.9 Å². The number of aryl methyl sites for hydroxylation is 1. The van der Waals surface area contributed by atoms with Crippen LogP contribution < -0.4 is 10.6 Å². The molecule has 2 aliphatic rings. The molecule has 0 fully saturated rings. The summed E-state index contributed by atoms with van der Waals surface area (Å²) < 4.78 is 5.25. The fraction of sp³-hybridized carbons (Fsp3) is 0.276. The maximum absolute atomic E-state index is 13.5. The molecule has 0 aliphatic carbocycles. The predicted octanol–water partition coefficient (Wildman–Crippen LogP) is 4.66. The number of carbonyl (C=O) groups is 3. The number of fused-ring (bicyclic) bond motifs is 3. The zero-order chi connectivity index (χ0) is 27.4. The number of rotatable bonds is 9. The Morgan fingerprint density at radius 3 is 2.59 bits per heavy atom. The van der Waals surface area contributed by atoms with Gasteiger partial charge in [0, 0.05) is 11.3 Å². The van der Waals surface area contributed by atoms with Crippen LogP contribution in [0.25, 0.3) is 0 Å². The number of carbonyl (C=O) groups excluding carboxylic acids is 3. The number of benzene rings is 2. The standard InChI is InChI=1S/C29H29N5O4S/c1-3-18-11-13-19(14-12-18)31-27(36)24(4-2)39-29-33-22-10-6-5-9-21(22)26-32-23(28(37)34(26)29)16-25(35)30-17-20-8-7-15-38-20/h5-15,23-24H,3-4,16-17H2,1-2H3,(H,30,35)(H,31,36)/t23-,24-/m0/s1. The van der Waals surface area contributed by atoms with Crippen LogP contribution in [0.3, 0.4) is 0 Å².